The first-order valence-corrected chi connectivity index (χ1v) is 11.8. The van der Waals surface area contributed by atoms with Crippen molar-refractivity contribution >= 4 is 17.9 Å². The lowest BCUT2D eigenvalue weighted by Crippen LogP contribution is -2.49. The third-order valence-corrected chi connectivity index (χ3v) is 6.23. The van der Waals surface area contributed by atoms with E-state index in [1.807, 2.05) is 29.2 Å². The molecule has 1 fully saturated rings. The van der Waals surface area contributed by atoms with Gasteiger partial charge in [-0.3, -0.25) is 19.6 Å². The summed E-state index contributed by atoms with van der Waals surface area (Å²) in [5, 5.41) is 19.8. The molecule has 2 aliphatic heterocycles. The van der Waals surface area contributed by atoms with Crippen molar-refractivity contribution in [1.29, 1.82) is 0 Å². The lowest BCUT2D eigenvalue weighted by molar-refractivity contribution is -0.138. The molecule has 8 heteroatoms. The zero-order valence-electron chi connectivity index (χ0n) is 19.7. The highest BCUT2D eigenvalue weighted by atomic mass is 16.6. The summed E-state index contributed by atoms with van der Waals surface area (Å²) in [6.07, 6.45) is 3.67. The van der Waals surface area contributed by atoms with Gasteiger partial charge in [0.1, 0.15) is 6.10 Å². The predicted octanol–water partition coefficient (Wildman–Crippen LogP) is 2.39. The quantitative estimate of drug-likeness (QED) is 0.431. The number of nitrogens with zero attached hydrogens (tertiary/aromatic N) is 5. The molecule has 0 spiro atoms. The standard InChI is InChI=1S/C26H33N5O3/c1-29(12-11-21-5-3-2-4-6-21)27-18-22-7-9-23(10-8-22)25-17-24(34-28-25)19-30-13-15-31(16-14-30)20-26(32)33/h2-10,18,24H,11-17,19-20H2,1H3,(H,32,33). The Hall–Kier alpha value is -3.23. The molecule has 34 heavy (non-hydrogen) atoms. The Balaban J connectivity index is 1.20. The van der Waals surface area contributed by atoms with Gasteiger partial charge < -0.3 is 9.94 Å². The number of oxime groups is 1. The van der Waals surface area contributed by atoms with Crippen molar-refractivity contribution in [2.75, 3.05) is 52.9 Å². The molecular formula is C26H33N5O3. The van der Waals surface area contributed by atoms with E-state index in [1.165, 1.54) is 5.56 Å². The van der Waals surface area contributed by atoms with Crippen molar-refractivity contribution in [2.45, 2.75) is 18.9 Å². The van der Waals surface area contributed by atoms with Crippen LogP contribution in [-0.2, 0) is 16.1 Å². The molecule has 8 nitrogen and oxygen atoms in total. The van der Waals surface area contributed by atoms with Gasteiger partial charge >= 0.3 is 5.97 Å². The van der Waals surface area contributed by atoms with Gasteiger partial charge in [0.25, 0.3) is 0 Å². The minimum atomic E-state index is -0.766. The fourth-order valence-electron chi connectivity index (χ4n) is 4.23. The number of hydrogen-bond donors (Lipinski definition) is 1. The van der Waals surface area contributed by atoms with E-state index >= 15 is 0 Å². The van der Waals surface area contributed by atoms with Gasteiger partial charge in [-0.05, 0) is 23.1 Å². The molecule has 1 atom stereocenters. The Labute approximate surface area is 201 Å². The molecule has 180 valence electrons. The van der Waals surface area contributed by atoms with E-state index in [0.29, 0.717) is 0 Å². The second-order valence-electron chi connectivity index (χ2n) is 8.92. The summed E-state index contributed by atoms with van der Waals surface area (Å²) in [5.74, 6) is -0.766. The average Bonchev–Trinajstić information content (AvgIpc) is 3.32. The van der Waals surface area contributed by atoms with Crippen LogP contribution in [0.5, 0.6) is 0 Å². The fourth-order valence-corrected chi connectivity index (χ4v) is 4.23. The number of likely N-dealkylation sites (N-methyl/N-ethyl adjacent to an activating group) is 1. The molecular weight excluding hydrogens is 430 g/mol. The van der Waals surface area contributed by atoms with Gasteiger partial charge in [0.15, 0.2) is 0 Å². The number of hydrazone groups is 1. The van der Waals surface area contributed by atoms with E-state index in [4.69, 9.17) is 9.94 Å². The highest BCUT2D eigenvalue weighted by molar-refractivity contribution is 6.01. The molecule has 4 rings (SSSR count). The Kier molecular flexibility index (Phi) is 8.27. The van der Waals surface area contributed by atoms with Crippen LogP contribution in [0.25, 0.3) is 0 Å². The second kappa shape index (κ2) is 11.8. The highest BCUT2D eigenvalue weighted by Gasteiger charge is 2.26. The number of rotatable bonds is 10. The largest absolute Gasteiger partial charge is 0.480 e. The molecule has 0 aromatic heterocycles. The zero-order chi connectivity index (χ0) is 23.8. The summed E-state index contributed by atoms with van der Waals surface area (Å²) in [6, 6.07) is 18.7. The topological polar surface area (TPSA) is 81.0 Å². The maximum Gasteiger partial charge on any atom is 0.317 e. The number of carboxylic acid groups (broad SMARTS) is 1. The average molecular weight is 464 g/mol. The molecule has 0 bridgehead atoms. The lowest BCUT2D eigenvalue weighted by atomic mass is 10.0. The minimum absolute atomic E-state index is 0.0422. The van der Waals surface area contributed by atoms with Gasteiger partial charge in [0, 0.05) is 52.7 Å². The van der Waals surface area contributed by atoms with Crippen molar-refractivity contribution in [3.8, 4) is 0 Å². The Morgan fingerprint density at radius 1 is 1.12 bits per heavy atom. The number of hydrogen-bond acceptors (Lipinski definition) is 7. The van der Waals surface area contributed by atoms with Crippen LogP contribution in [0.3, 0.4) is 0 Å². The number of piperazine rings is 1. The van der Waals surface area contributed by atoms with Gasteiger partial charge in [0.2, 0.25) is 0 Å². The smallest absolute Gasteiger partial charge is 0.317 e. The van der Waals surface area contributed by atoms with Gasteiger partial charge in [0.05, 0.1) is 18.5 Å². The van der Waals surface area contributed by atoms with E-state index in [9.17, 15) is 4.79 Å². The predicted molar refractivity (Wildman–Crippen MR) is 133 cm³/mol. The molecule has 2 heterocycles. The molecule has 0 radical (unpaired) electrons. The van der Waals surface area contributed by atoms with Gasteiger partial charge in [-0.15, -0.1) is 0 Å². The van der Waals surface area contributed by atoms with Crippen LogP contribution in [0, 0.1) is 0 Å². The zero-order valence-corrected chi connectivity index (χ0v) is 19.7. The summed E-state index contributed by atoms with van der Waals surface area (Å²) in [4.78, 5) is 20.9. The van der Waals surface area contributed by atoms with Gasteiger partial charge in [-0.1, -0.05) is 59.8 Å². The SMILES string of the molecule is CN(CCc1ccccc1)N=Cc1ccc(C2=NOC(CN3CCN(CC(=O)O)CC3)C2)cc1. The molecule has 2 aliphatic rings. The summed E-state index contributed by atoms with van der Waals surface area (Å²) in [7, 11) is 1.99. The maximum absolute atomic E-state index is 10.9. The van der Waals surface area contributed by atoms with E-state index in [1.54, 1.807) is 0 Å². The van der Waals surface area contributed by atoms with Crippen LogP contribution < -0.4 is 0 Å². The molecule has 1 unspecified atom stereocenters. The third-order valence-electron chi connectivity index (χ3n) is 6.23. The number of carbonyl (C=O) groups is 1. The third kappa shape index (κ3) is 7.13. The first-order valence-electron chi connectivity index (χ1n) is 11.8. The van der Waals surface area contributed by atoms with E-state index in [-0.39, 0.29) is 12.6 Å². The summed E-state index contributed by atoms with van der Waals surface area (Å²) in [5.41, 5.74) is 4.40. The molecule has 1 saturated heterocycles. The van der Waals surface area contributed by atoms with Crippen molar-refractivity contribution in [3.63, 3.8) is 0 Å². The van der Waals surface area contributed by atoms with Crippen molar-refractivity contribution in [3.05, 3.63) is 71.3 Å². The van der Waals surface area contributed by atoms with E-state index in [2.05, 4.69) is 63.7 Å². The van der Waals surface area contributed by atoms with Crippen LogP contribution in [0.2, 0.25) is 0 Å². The van der Waals surface area contributed by atoms with E-state index < -0.39 is 5.97 Å². The summed E-state index contributed by atoms with van der Waals surface area (Å²) >= 11 is 0. The molecule has 0 amide bonds. The Morgan fingerprint density at radius 2 is 1.82 bits per heavy atom. The normalized spacial score (nSPS) is 19.2. The van der Waals surface area contributed by atoms with Crippen LogP contribution in [0.4, 0.5) is 0 Å². The van der Waals surface area contributed by atoms with Crippen LogP contribution in [0.1, 0.15) is 23.1 Å². The van der Waals surface area contributed by atoms with Crippen molar-refractivity contribution in [1.82, 2.24) is 14.8 Å². The van der Waals surface area contributed by atoms with Gasteiger partial charge in [-0.25, -0.2) is 0 Å². The van der Waals surface area contributed by atoms with Crippen molar-refractivity contribution in [2.24, 2.45) is 10.3 Å². The van der Waals surface area contributed by atoms with Crippen LogP contribution >= 0.6 is 0 Å². The summed E-state index contributed by atoms with van der Waals surface area (Å²) in [6.45, 7) is 5.06. The maximum atomic E-state index is 10.9. The first kappa shape index (κ1) is 23.9. The number of aliphatic carboxylic acids is 1. The fraction of sp³-hybridized carbons (Fsp3) is 0.423. The summed E-state index contributed by atoms with van der Waals surface area (Å²) < 4.78 is 0. The molecule has 0 aliphatic carbocycles. The number of benzene rings is 2. The Morgan fingerprint density at radius 3 is 2.53 bits per heavy atom. The molecule has 2 aromatic carbocycles. The van der Waals surface area contributed by atoms with Crippen LogP contribution in [0.15, 0.2) is 64.9 Å². The van der Waals surface area contributed by atoms with Crippen molar-refractivity contribution < 1.29 is 14.7 Å². The first-order chi connectivity index (χ1) is 16.5. The van der Waals surface area contributed by atoms with E-state index in [0.717, 1.165) is 68.9 Å². The minimum Gasteiger partial charge on any atom is -0.480 e. The number of carboxylic acids is 1. The molecule has 0 saturated carbocycles. The van der Waals surface area contributed by atoms with Crippen LogP contribution in [-0.4, -0.2) is 96.8 Å². The monoisotopic (exact) mass is 463 g/mol. The highest BCUT2D eigenvalue weighted by Crippen LogP contribution is 2.18. The Bertz CT molecular complexity index is 985. The lowest BCUT2D eigenvalue weighted by Gasteiger charge is -2.34. The molecule has 2 aromatic rings. The second-order valence-corrected chi connectivity index (χ2v) is 8.92. The molecule has 1 N–H and O–H groups in total. The van der Waals surface area contributed by atoms with Gasteiger partial charge in [-0.2, -0.15) is 5.10 Å².